The molecule has 11 heteroatoms. The van der Waals surface area contributed by atoms with E-state index in [-0.39, 0.29) is 12.1 Å². The van der Waals surface area contributed by atoms with Gasteiger partial charge in [0.2, 0.25) is 10.0 Å². The van der Waals surface area contributed by atoms with Crippen LogP contribution in [0.15, 0.2) is 54.7 Å². The minimum Gasteiger partial charge on any atom is -0.494 e. The van der Waals surface area contributed by atoms with Crippen LogP contribution in [0.25, 0.3) is 0 Å². The zero-order chi connectivity index (χ0) is 22.2. The van der Waals surface area contributed by atoms with Gasteiger partial charge in [0.1, 0.15) is 5.75 Å². The molecule has 0 bridgehead atoms. The van der Waals surface area contributed by atoms with Gasteiger partial charge in [-0.1, -0.05) is 17.7 Å². The van der Waals surface area contributed by atoms with Crippen LogP contribution in [0.3, 0.4) is 0 Å². The molecule has 0 radical (unpaired) electrons. The van der Waals surface area contributed by atoms with E-state index in [4.69, 9.17) is 28.6 Å². The summed E-state index contributed by atoms with van der Waals surface area (Å²) < 4.78 is 31.9. The molecule has 0 unspecified atom stereocenters. The van der Waals surface area contributed by atoms with Crippen molar-refractivity contribution >= 4 is 61.7 Å². The van der Waals surface area contributed by atoms with Crippen molar-refractivity contribution in [1.82, 2.24) is 10.3 Å². The van der Waals surface area contributed by atoms with Crippen molar-refractivity contribution in [1.29, 1.82) is 0 Å². The van der Waals surface area contributed by atoms with Crippen LogP contribution >= 0.6 is 35.2 Å². The average molecular weight is 495 g/mol. The molecule has 1 aromatic carbocycles. The fraction of sp³-hybridized carbons (Fsp3) is 0.200. The van der Waals surface area contributed by atoms with E-state index in [2.05, 4.69) is 15.0 Å². The summed E-state index contributed by atoms with van der Waals surface area (Å²) in [5.74, 6) is 0.384. The summed E-state index contributed by atoms with van der Waals surface area (Å²) in [6.07, 6.45) is 2.84. The smallest absolute Gasteiger partial charge is 0.229 e. The van der Waals surface area contributed by atoms with Gasteiger partial charge in [0.15, 0.2) is 5.11 Å². The van der Waals surface area contributed by atoms with Crippen molar-refractivity contribution in [3.05, 3.63) is 69.6 Å². The minimum absolute atomic E-state index is 0.191. The van der Waals surface area contributed by atoms with Gasteiger partial charge in [0.05, 0.1) is 41.2 Å². The second kappa shape index (κ2) is 8.62. The molecule has 7 nitrogen and oxygen atoms in total. The summed E-state index contributed by atoms with van der Waals surface area (Å²) in [5, 5.41) is 3.90. The number of nitrogens with zero attached hydrogens (tertiary/aromatic N) is 2. The Morgan fingerprint density at radius 2 is 2.06 bits per heavy atom. The Hall–Kier alpha value is -2.40. The maximum absolute atomic E-state index is 11.7. The zero-order valence-corrected chi connectivity index (χ0v) is 19.8. The summed E-state index contributed by atoms with van der Waals surface area (Å²) >= 11 is 13.4. The number of rotatable bonds is 6. The summed E-state index contributed by atoms with van der Waals surface area (Å²) in [7, 11) is -1.96. The first kappa shape index (κ1) is 21.8. The van der Waals surface area contributed by atoms with Crippen molar-refractivity contribution < 1.29 is 13.2 Å². The van der Waals surface area contributed by atoms with Crippen molar-refractivity contribution in [2.24, 2.45) is 0 Å². The Balaban J connectivity index is 1.79. The number of hydrogen-bond acceptors (Lipinski definition) is 6. The molecule has 31 heavy (non-hydrogen) atoms. The van der Waals surface area contributed by atoms with E-state index in [1.165, 1.54) is 18.4 Å². The van der Waals surface area contributed by atoms with Crippen LogP contribution < -0.4 is 19.7 Å². The molecule has 1 fully saturated rings. The molecule has 3 aromatic rings. The van der Waals surface area contributed by atoms with Crippen molar-refractivity contribution in [2.45, 2.75) is 12.1 Å². The number of hydrogen-bond donors (Lipinski definition) is 2. The van der Waals surface area contributed by atoms with Gasteiger partial charge in [-0.25, -0.2) is 8.42 Å². The van der Waals surface area contributed by atoms with Gasteiger partial charge < -0.3 is 15.0 Å². The number of benzene rings is 1. The van der Waals surface area contributed by atoms with Gasteiger partial charge in [-0.2, -0.15) is 0 Å². The third-order valence-corrected chi connectivity index (χ3v) is 6.95. The highest BCUT2D eigenvalue weighted by molar-refractivity contribution is 7.92. The SMILES string of the molecule is COc1cc(N2C(=S)N[C@H](c3ccccn3)[C@H]2c2ccc(Cl)s2)ccc1NS(C)(=O)=O. The fourth-order valence-corrected chi connectivity index (χ4v) is 5.63. The largest absolute Gasteiger partial charge is 0.494 e. The second-order valence-electron chi connectivity index (χ2n) is 6.90. The number of halogens is 1. The molecule has 1 aliphatic rings. The van der Waals surface area contributed by atoms with Gasteiger partial charge in [0.25, 0.3) is 0 Å². The van der Waals surface area contributed by atoms with E-state index < -0.39 is 10.0 Å². The maximum Gasteiger partial charge on any atom is 0.229 e. The molecule has 4 rings (SSSR count). The molecule has 0 spiro atoms. The molecule has 0 aliphatic carbocycles. The van der Waals surface area contributed by atoms with Gasteiger partial charge in [-0.3, -0.25) is 9.71 Å². The molecule has 2 aromatic heterocycles. The van der Waals surface area contributed by atoms with Gasteiger partial charge in [0, 0.05) is 22.8 Å². The highest BCUT2D eigenvalue weighted by atomic mass is 35.5. The topological polar surface area (TPSA) is 83.6 Å². The summed E-state index contributed by atoms with van der Waals surface area (Å²) in [6.45, 7) is 0. The van der Waals surface area contributed by atoms with Crippen LogP contribution in [-0.2, 0) is 10.0 Å². The first-order chi connectivity index (χ1) is 14.8. The molecule has 0 amide bonds. The molecule has 0 saturated carbocycles. The molecule has 2 N–H and O–H groups in total. The lowest BCUT2D eigenvalue weighted by Gasteiger charge is -2.27. The number of methoxy groups -OCH3 is 1. The van der Waals surface area contributed by atoms with E-state index in [0.29, 0.717) is 20.9 Å². The number of anilines is 2. The number of sulfonamides is 1. The van der Waals surface area contributed by atoms with Crippen LogP contribution in [0.2, 0.25) is 4.34 Å². The first-order valence-electron chi connectivity index (χ1n) is 9.18. The minimum atomic E-state index is -3.45. The van der Waals surface area contributed by atoms with Crippen molar-refractivity contribution in [3.63, 3.8) is 0 Å². The lowest BCUT2D eigenvalue weighted by Crippen LogP contribution is -2.29. The normalized spacial score (nSPS) is 18.7. The molecular weight excluding hydrogens is 476 g/mol. The highest BCUT2D eigenvalue weighted by Gasteiger charge is 2.41. The second-order valence-corrected chi connectivity index (χ2v) is 10.8. The van der Waals surface area contributed by atoms with Crippen LogP contribution in [0.4, 0.5) is 11.4 Å². The monoisotopic (exact) mass is 494 g/mol. The van der Waals surface area contributed by atoms with E-state index in [9.17, 15) is 8.42 Å². The van der Waals surface area contributed by atoms with Crippen LogP contribution in [0.5, 0.6) is 5.75 Å². The van der Waals surface area contributed by atoms with Crippen LogP contribution in [0.1, 0.15) is 22.7 Å². The molecule has 162 valence electrons. The molecule has 3 heterocycles. The Bertz CT molecular complexity index is 1220. The number of thiophene rings is 1. The van der Waals surface area contributed by atoms with E-state index in [0.717, 1.165) is 22.5 Å². The standard InChI is InChI=1S/C20H19ClN4O3S3/c1-28-15-11-12(6-7-13(15)24-31(2,26)27)25-19(16-8-9-17(21)30-16)18(23-20(25)29)14-5-3-4-10-22-14/h3-11,18-19,24H,1-2H3,(H,23,29)/t18-,19-/m1/s1. The van der Waals surface area contributed by atoms with E-state index >= 15 is 0 Å². The maximum atomic E-state index is 11.7. The quantitative estimate of drug-likeness (QED) is 0.493. The van der Waals surface area contributed by atoms with E-state index in [1.54, 1.807) is 24.4 Å². The summed E-state index contributed by atoms with van der Waals surface area (Å²) in [6, 6.07) is 14.4. The van der Waals surface area contributed by atoms with E-state index in [1.807, 2.05) is 35.2 Å². The molecular formula is C20H19ClN4O3S3. The molecule has 2 atom stereocenters. The molecule has 1 saturated heterocycles. The average Bonchev–Trinajstić information content (AvgIpc) is 3.30. The lowest BCUT2D eigenvalue weighted by molar-refractivity contribution is 0.417. The number of aromatic nitrogens is 1. The first-order valence-corrected chi connectivity index (χ1v) is 12.7. The predicted molar refractivity (Wildman–Crippen MR) is 129 cm³/mol. The Morgan fingerprint density at radius 3 is 2.68 bits per heavy atom. The Morgan fingerprint density at radius 1 is 1.26 bits per heavy atom. The van der Waals surface area contributed by atoms with Crippen molar-refractivity contribution in [2.75, 3.05) is 23.0 Å². The third-order valence-electron chi connectivity index (χ3n) is 4.74. The number of nitrogens with one attached hydrogen (secondary N) is 2. The van der Waals surface area contributed by atoms with Gasteiger partial charge in [-0.15, -0.1) is 11.3 Å². The van der Waals surface area contributed by atoms with Gasteiger partial charge in [-0.05, 0) is 48.6 Å². The fourth-order valence-electron chi connectivity index (χ4n) is 3.52. The highest BCUT2D eigenvalue weighted by Crippen LogP contribution is 2.45. The number of thiocarbonyl (C=S) groups is 1. The zero-order valence-electron chi connectivity index (χ0n) is 16.6. The lowest BCUT2D eigenvalue weighted by atomic mass is 10.0. The Labute approximate surface area is 195 Å². The van der Waals surface area contributed by atoms with Crippen LogP contribution in [0, 0.1) is 0 Å². The number of pyridine rings is 1. The Kier molecular flexibility index (Phi) is 6.07. The molecule has 1 aliphatic heterocycles. The summed E-state index contributed by atoms with van der Waals surface area (Å²) in [4.78, 5) is 7.51. The third kappa shape index (κ3) is 4.62. The predicted octanol–water partition coefficient (Wildman–Crippen LogP) is 4.35. The van der Waals surface area contributed by atoms with Crippen LogP contribution in [-0.4, -0.2) is 31.9 Å². The van der Waals surface area contributed by atoms with Gasteiger partial charge >= 0.3 is 0 Å². The van der Waals surface area contributed by atoms with Crippen molar-refractivity contribution in [3.8, 4) is 5.75 Å². The summed E-state index contributed by atoms with van der Waals surface area (Å²) in [5.41, 5.74) is 1.95. The number of ether oxygens (including phenoxy) is 1.